The first-order chi connectivity index (χ1) is 9.71. The molecule has 0 radical (unpaired) electrons. The van der Waals surface area contributed by atoms with Crippen LogP contribution in [0.25, 0.3) is 0 Å². The van der Waals surface area contributed by atoms with Gasteiger partial charge in [0.2, 0.25) is 15.9 Å². The molecule has 0 fully saturated rings. The van der Waals surface area contributed by atoms with E-state index >= 15 is 0 Å². The van der Waals surface area contributed by atoms with E-state index in [9.17, 15) is 13.2 Å². The maximum atomic E-state index is 12.2. The number of carbonyl (C=O) groups is 1. The van der Waals surface area contributed by atoms with E-state index in [0.29, 0.717) is 12.0 Å². The highest BCUT2D eigenvalue weighted by Crippen LogP contribution is 2.41. The number of hydrogen-bond donors (Lipinski definition) is 2. The lowest BCUT2D eigenvalue weighted by Crippen LogP contribution is -2.33. The molecule has 21 heavy (non-hydrogen) atoms. The molecule has 1 aliphatic heterocycles. The molecule has 0 aliphatic carbocycles. The number of amides is 1. The van der Waals surface area contributed by atoms with Gasteiger partial charge in [0.05, 0.1) is 10.3 Å². The van der Waals surface area contributed by atoms with Gasteiger partial charge in [0, 0.05) is 25.9 Å². The molecule has 1 aromatic carbocycles. The Morgan fingerprint density at radius 2 is 2.00 bits per heavy atom. The molecule has 2 rings (SSSR count). The number of hydrogen-bond acceptors (Lipinski definition) is 4. The van der Waals surface area contributed by atoms with Crippen LogP contribution in [0.2, 0.25) is 0 Å². The third-order valence-corrected chi connectivity index (χ3v) is 5.24. The summed E-state index contributed by atoms with van der Waals surface area (Å²) in [5, 5.41) is 8.71. The maximum absolute atomic E-state index is 12.2. The van der Waals surface area contributed by atoms with E-state index in [1.54, 1.807) is 37.9 Å². The number of fused-ring (bicyclic) bond motifs is 1. The first-order valence-corrected chi connectivity index (χ1v) is 8.23. The zero-order valence-electron chi connectivity index (χ0n) is 12.4. The average molecular weight is 312 g/mol. The van der Waals surface area contributed by atoms with Gasteiger partial charge in [-0.3, -0.25) is 4.79 Å². The lowest BCUT2D eigenvalue weighted by molar-refractivity contribution is -0.121. The normalized spacial score (nSPS) is 17.1. The lowest BCUT2D eigenvalue weighted by Gasteiger charge is -2.16. The SMILES string of the molecule is CN1C(=O)C(C)(C)c2cc(S(=O)(=O)NCCCO)ccc21. The van der Waals surface area contributed by atoms with Crippen molar-refractivity contribution in [3.8, 4) is 0 Å². The van der Waals surface area contributed by atoms with E-state index < -0.39 is 15.4 Å². The van der Waals surface area contributed by atoms with Crippen LogP contribution in [-0.4, -0.2) is 39.6 Å². The quantitative estimate of drug-likeness (QED) is 0.780. The molecule has 7 heteroatoms. The van der Waals surface area contributed by atoms with Gasteiger partial charge < -0.3 is 10.0 Å². The van der Waals surface area contributed by atoms with Crippen molar-refractivity contribution in [2.75, 3.05) is 25.1 Å². The fourth-order valence-corrected chi connectivity index (χ4v) is 3.59. The molecule has 0 atom stereocenters. The van der Waals surface area contributed by atoms with Crippen molar-refractivity contribution >= 4 is 21.6 Å². The highest BCUT2D eigenvalue weighted by atomic mass is 32.2. The summed E-state index contributed by atoms with van der Waals surface area (Å²) >= 11 is 0. The minimum absolute atomic E-state index is 0.0553. The number of rotatable bonds is 5. The maximum Gasteiger partial charge on any atom is 0.240 e. The van der Waals surface area contributed by atoms with Crippen LogP contribution in [0.15, 0.2) is 23.1 Å². The van der Waals surface area contributed by atoms with Crippen molar-refractivity contribution in [1.82, 2.24) is 4.72 Å². The van der Waals surface area contributed by atoms with Crippen LogP contribution in [0.4, 0.5) is 5.69 Å². The second-order valence-corrected chi connectivity index (χ2v) is 7.41. The van der Waals surface area contributed by atoms with Crippen molar-refractivity contribution in [3.05, 3.63) is 23.8 Å². The van der Waals surface area contributed by atoms with Crippen molar-refractivity contribution in [2.24, 2.45) is 0 Å². The van der Waals surface area contributed by atoms with Gasteiger partial charge in [-0.1, -0.05) is 0 Å². The Morgan fingerprint density at radius 3 is 2.62 bits per heavy atom. The van der Waals surface area contributed by atoms with Crippen LogP contribution in [-0.2, 0) is 20.2 Å². The van der Waals surface area contributed by atoms with E-state index in [0.717, 1.165) is 5.69 Å². The van der Waals surface area contributed by atoms with Gasteiger partial charge in [-0.25, -0.2) is 13.1 Å². The highest BCUT2D eigenvalue weighted by molar-refractivity contribution is 7.89. The minimum atomic E-state index is -3.63. The van der Waals surface area contributed by atoms with Gasteiger partial charge in [0.1, 0.15) is 0 Å². The number of sulfonamides is 1. The van der Waals surface area contributed by atoms with Gasteiger partial charge in [0.25, 0.3) is 0 Å². The molecule has 0 spiro atoms. The topological polar surface area (TPSA) is 86.7 Å². The monoisotopic (exact) mass is 312 g/mol. The first-order valence-electron chi connectivity index (χ1n) is 6.75. The Balaban J connectivity index is 2.39. The van der Waals surface area contributed by atoms with Crippen LogP contribution >= 0.6 is 0 Å². The lowest BCUT2D eigenvalue weighted by atomic mass is 9.86. The molecule has 6 nitrogen and oxygen atoms in total. The molecule has 2 N–H and O–H groups in total. The number of benzene rings is 1. The van der Waals surface area contributed by atoms with Crippen molar-refractivity contribution in [1.29, 1.82) is 0 Å². The third kappa shape index (κ3) is 2.68. The number of aliphatic hydroxyl groups excluding tert-OH is 1. The number of aliphatic hydroxyl groups is 1. The Hall–Kier alpha value is -1.44. The number of nitrogens with one attached hydrogen (secondary N) is 1. The first kappa shape index (κ1) is 15.9. The van der Waals surface area contributed by atoms with E-state index in [1.807, 2.05) is 0 Å². The van der Waals surface area contributed by atoms with Crippen LogP contribution in [0.1, 0.15) is 25.8 Å². The van der Waals surface area contributed by atoms with Gasteiger partial charge in [0.15, 0.2) is 0 Å². The van der Waals surface area contributed by atoms with E-state index in [1.165, 1.54) is 6.07 Å². The summed E-state index contributed by atoms with van der Waals surface area (Å²) < 4.78 is 26.8. The van der Waals surface area contributed by atoms with Crippen molar-refractivity contribution in [2.45, 2.75) is 30.6 Å². The molecule has 1 aromatic rings. The average Bonchev–Trinajstić information content (AvgIpc) is 2.60. The molecular formula is C14H20N2O4S. The van der Waals surface area contributed by atoms with Crippen LogP contribution in [0.3, 0.4) is 0 Å². The molecule has 116 valence electrons. The van der Waals surface area contributed by atoms with E-state index in [4.69, 9.17) is 5.11 Å². The summed E-state index contributed by atoms with van der Waals surface area (Å²) in [6.07, 6.45) is 0.358. The second kappa shape index (κ2) is 5.40. The molecule has 0 saturated heterocycles. The van der Waals surface area contributed by atoms with Gasteiger partial charge >= 0.3 is 0 Å². The van der Waals surface area contributed by atoms with Crippen LogP contribution in [0.5, 0.6) is 0 Å². The molecule has 0 bridgehead atoms. The number of anilines is 1. The Bertz CT molecular complexity index is 668. The van der Waals surface area contributed by atoms with Crippen molar-refractivity contribution < 1.29 is 18.3 Å². The fourth-order valence-electron chi connectivity index (χ4n) is 2.49. The van der Waals surface area contributed by atoms with Crippen LogP contribution < -0.4 is 9.62 Å². The van der Waals surface area contributed by atoms with Gasteiger partial charge in [-0.15, -0.1) is 0 Å². The summed E-state index contributed by atoms with van der Waals surface area (Å²) in [4.78, 5) is 13.9. The molecule has 0 saturated carbocycles. The number of nitrogens with zero attached hydrogens (tertiary/aromatic N) is 1. The fraction of sp³-hybridized carbons (Fsp3) is 0.500. The Morgan fingerprint density at radius 1 is 1.33 bits per heavy atom. The molecule has 1 amide bonds. The largest absolute Gasteiger partial charge is 0.396 e. The molecular weight excluding hydrogens is 292 g/mol. The standard InChI is InChI=1S/C14H20N2O4S/c1-14(2)11-9-10(21(19,20)15-7-4-8-17)5-6-12(11)16(3)13(14)18/h5-6,9,15,17H,4,7-8H2,1-3H3. The highest BCUT2D eigenvalue weighted by Gasteiger charge is 2.42. The molecule has 1 aliphatic rings. The predicted molar refractivity (Wildman–Crippen MR) is 79.8 cm³/mol. The third-order valence-electron chi connectivity index (χ3n) is 3.78. The van der Waals surface area contributed by atoms with Gasteiger partial charge in [-0.2, -0.15) is 0 Å². The van der Waals surface area contributed by atoms with E-state index in [-0.39, 0.29) is 24.0 Å². The van der Waals surface area contributed by atoms with Crippen LogP contribution in [0, 0.1) is 0 Å². The number of carbonyl (C=O) groups excluding carboxylic acids is 1. The zero-order valence-corrected chi connectivity index (χ0v) is 13.2. The van der Waals surface area contributed by atoms with Gasteiger partial charge in [-0.05, 0) is 44.0 Å². The summed E-state index contributed by atoms with van der Waals surface area (Å²) in [7, 11) is -1.95. The van der Waals surface area contributed by atoms with E-state index in [2.05, 4.69) is 4.72 Å². The smallest absolute Gasteiger partial charge is 0.240 e. The molecule has 1 heterocycles. The minimum Gasteiger partial charge on any atom is -0.396 e. The summed E-state index contributed by atoms with van der Waals surface area (Å²) in [5.41, 5.74) is 0.708. The zero-order chi connectivity index (χ0) is 15.8. The summed E-state index contributed by atoms with van der Waals surface area (Å²) in [5.74, 6) is -0.0553. The predicted octanol–water partition coefficient (Wildman–Crippen LogP) is 0.601. The Labute approximate surface area is 124 Å². The summed E-state index contributed by atoms with van der Waals surface area (Å²) in [6, 6.07) is 4.70. The Kier molecular flexibility index (Phi) is 4.10. The molecule has 0 unspecified atom stereocenters. The second-order valence-electron chi connectivity index (χ2n) is 5.64. The number of likely N-dealkylation sites (N-methyl/N-ethyl adjacent to an activating group) is 1. The van der Waals surface area contributed by atoms with Crippen molar-refractivity contribution in [3.63, 3.8) is 0 Å². The molecule has 0 aromatic heterocycles. The summed E-state index contributed by atoms with van der Waals surface area (Å²) in [6.45, 7) is 3.68.